The van der Waals surface area contributed by atoms with Crippen molar-refractivity contribution in [3.63, 3.8) is 0 Å². The van der Waals surface area contributed by atoms with Crippen molar-refractivity contribution in [3.8, 4) is 11.5 Å². The summed E-state index contributed by atoms with van der Waals surface area (Å²) in [5, 5.41) is 3.88. The molecule has 1 aliphatic carbocycles. The van der Waals surface area contributed by atoms with Crippen molar-refractivity contribution in [1.29, 1.82) is 0 Å². The number of ether oxygens (including phenoxy) is 2. The van der Waals surface area contributed by atoms with Gasteiger partial charge in [0.2, 0.25) is 0 Å². The van der Waals surface area contributed by atoms with Gasteiger partial charge >= 0.3 is 0 Å². The minimum absolute atomic E-state index is 0. The molecule has 0 radical (unpaired) electrons. The van der Waals surface area contributed by atoms with Gasteiger partial charge < -0.3 is 19.8 Å². The van der Waals surface area contributed by atoms with E-state index in [2.05, 4.69) is 10.3 Å². The van der Waals surface area contributed by atoms with Gasteiger partial charge in [-0.25, -0.2) is 4.98 Å². The van der Waals surface area contributed by atoms with Crippen LogP contribution in [0.15, 0.2) is 36.4 Å². The van der Waals surface area contributed by atoms with Crippen LogP contribution in [0.4, 0.5) is 0 Å². The minimum atomic E-state index is -0.0796. The van der Waals surface area contributed by atoms with Crippen molar-refractivity contribution in [2.45, 2.75) is 37.6 Å². The maximum atomic E-state index is 12.8. The van der Waals surface area contributed by atoms with Crippen molar-refractivity contribution in [2.24, 2.45) is 0 Å². The summed E-state index contributed by atoms with van der Waals surface area (Å²) in [5.74, 6) is 2.51. The summed E-state index contributed by atoms with van der Waals surface area (Å²) in [6.07, 6.45) is 3.95. The average Bonchev–Trinajstić information content (AvgIpc) is 3.17. The second kappa shape index (κ2) is 8.74. The fourth-order valence-electron chi connectivity index (χ4n) is 4.22. The minimum Gasteiger partial charge on any atom is -0.486 e. The maximum absolute atomic E-state index is 12.8. The first-order valence-electron chi connectivity index (χ1n) is 10.0. The molecule has 1 aliphatic heterocycles. The quantitative estimate of drug-likeness (QED) is 0.600. The molecule has 0 saturated heterocycles. The van der Waals surface area contributed by atoms with E-state index in [0.29, 0.717) is 41.2 Å². The lowest BCUT2D eigenvalue weighted by atomic mass is 9.85. The first kappa shape index (κ1) is 20.8. The fourth-order valence-corrected chi connectivity index (χ4v) is 4.39. The van der Waals surface area contributed by atoms with Crippen LogP contribution in [0, 0.1) is 0 Å². The van der Waals surface area contributed by atoms with E-state index in [0.717, 1.165) is 42.5 Å². The number of nitrogens with one attached hydrogen (secondary N) is 2. The number of halogens is 2. The summed E-state index contributed by atoms with van der Waals surface area (Å²) >= 11 is 6.08. The van der Waals surface area contributed by atoms with Crippen LogP contribution in [0.5, 0.6) is 11.5 Å². The summed E-state index contributed by atoms with van der Waals surface area (Å²) in [6, 6.07) is 11.1. The number of benzene rings is 2. The molecule has 0 unspecified atom stereocenters. The molecular formula is C22H23Cl2N3O3. The molecule has 6 nitrogen and oxygen atoms in total. The lowest BCUT2D eigenvalue weighted by Gasteiger charge is -2.29. The molecule has 2 atom stereocenters. The SMILES string of the molecule is Cl.O=C(N[C@H]1CCC[C@@H](c2nc3ccc(Cl)cc3[nH]2)C1)c1ccc2c(c1)OCCO2. The number of imidazole rings is 1. The molecule has 1 fully saturated rings. The highest BCUT2D eigenvalue weighted by Gasteiger charge is 2.27. The molecule has 8 heteroatoms. The zero-order valence-electron chi connectivity index (χ0n) is 16.3. The van der Waals surface area contributed by atoms with Gasteiger partial charge in [-0.15, -0.1) is 12.4 Å². The molecule has 2 N–H and O–H groups in total. The lowest BCUT2D eigenvalue weighted by molar-refractivity contribution is 0.0923. The standard InChI is InChI=1S/C22H22ClN3O3.ClH/c23-15-5-6-17-18(12-15)26-21(25-17)13-2-1-3-16(10-13)24-22(27)14-4-7-19-20(11-14)29-9-8-28-19;/h4-7,11-13,16H,1-3,8-10H2,(H,24,27)(H,25,26);1H/t13-,16+;/m1./s1. The van der Waals surface area contributed by atoms with Gasteiger partial charge in [-0.05, 0) is 55.7 Å². The number of amides is 1. The predicted octanol–water partition coefficient (Wildman–Crippen LogP) is 4.87. The zero-order valence-corrected chi connectivity index (χ0v) is 17.9. The fraction of sp³-hybridized carbons (Fsp3) is 0.364. The largest absolute Gasteiger partial charge is 0.486 e. The van der Waals surface area contributed by atoms with E-state index >= 15 is 0 Å². The van der Waals surface area contributed by atoms with Crippen LogP contribution in [0.3, 0.4) is 0 Å². The van der Waals surface area contributed by atoms with Gasteiger partial charge in [-0.2, -0.15) is 0 Å². The van der Waals surface area contributed by atoms with Crippen molar-refractivity contribution in [2.75, 3.05) is 13.2 Å². The molecule has 1 aromatic heterocycles. The Morgan fingerprint density at radius 2 is 1.93 bits per heavy atom. The predicted molar refractivity (Wildman–Crippen MR) is 118 cm³/mol. The van der Waals surface area contributed by atoms with E-state index in [9.17, 15) is 4.79 Å². The molecular weight excluding hydrogens is 425 g/mol. The Morgan fingerprint density at radius 1 is 1.10 bits per heavy atom. The number of fused-ring (bicyclic) bond motifs is 2. The normalized spacial score (nSPS) is 20.4. The maximum Gasteiger partial charge on any atom is 0.251 e. The van der Waals surface area contributed by atoms with Crippen LogP contribution in [0.2, 0.25) is 5.02 Å². The summed E-state index contributed by atoms with van der Waals surface area (Å²) in [5.41, 5.74) is 2.47. The summed E-state index contributed by atoms with van der Waals surface area (Å²) in [6.45, 7) is 1.04. The lowest BCUT2D eigenvalue weighted by Crippen LogP contribution is -2.38. The number of rotatable bonds is 3. The highest BCUT2D eigenvalue weighted by atomic mass is 35.5. The second-order valence-electron chi connectivity index (χ2n) is 7.68. The number of aromatic nitrogens is 2. The van der Waals surface area contributed by atoms with Crippen molar-refractivity contribution >= 4 is 40.9 Å². The number of H-pyrrole nitrogens is 1. The van der Waals surface area contributed by atoms with E-state index in [1.165, 1.54) is 0 Å². The van der Waals surface area contributed by atoms with E-state index in [-0.39, 0.29) is 24.4 Å². The molecule has 5 rings (SSSR count). The number of carbonyl (C=O) groups is 1. The van der Waals surface area contributed by atoms with E-state index in [1.54, 1.807) is 18.2 Å². The molecule has 2 aliphatic rings. The van der Waals surface area contributed by atoms with Gasteiger partial charge in [0.15, 0.2) is 11.5 Å². The van der Waals surface area contributed by atoms with Crippen molar-refractivity contribution in [3.05, 3.63) is 52.8 Å². The Morgan fingerprint density at radius 3 is 2.80 bits per heavy atom. The Kier molecular flexibility index (Phi) is 6.06. The topological polar surface area (TPSA) is 76.2 Å². The third kappa shape index (κ3) is 4.20. The molecule has 158 valence electrons. The van der Waals surface area contributed by atoms with Crippen molar-refractivity contribution < 1.29 is 14.3 Å². The molecule has 0 spiro atoms. The molecule has 1 amide bonds. The van der Waals surface area contributed by atoms with E-state index in [1.807, 2.05) is 18.2 Å². The van der Waals surface area contributed by atoms with Gasteiger partial charge in [-0.3, -0.25) is 4.79 Å². The molecule has 2 heterocycles. The van der Waals surface area contributed by atoms with Crippen LogP contribution in [-0.2, 0) is 0 Å². The first-order valence-corrected chi connectivity index (χ1v) is 10.4. The van der Waals surface area contributed by atoms with E-state index < -0.39 is 0 Å². The summed E-state index contributed by atoms with van der Waals surface area (Å²) in [4.78, 5) is 20.9. The van der Waals surface area contributed by atoms with Crippen LogP contribution in [0.1, 0.15) is 47.8 Å². The number of aromatic amines is 1. The first-order chi connectivity index (χ1) is 14.2. The number of nitrogens with zero attached hydrogens (tertiary/aromatic N) is 1. The van der Waals surface area contributed by atoms with Crippen LogP contribution < -0.4 is 14.8 Å². The summed E-state index contributed by atoms with van der Waals surface area (Å²) < 4.78 is 11.1. The van der Waals surface area contributed by atoms with Crippen molar-refractivity contribution in [1.82, 2.24) is 15.3 Å². The highest BCUT2D eigenvalue weighted by molar-refractivity contribution is 6.31. The Hall–Kier alpha value is -2.44. The molecule has 2 aromatic carbocycles. The number of hydrogen-bond donors (Lipinski definition) is 2. The second-order valence-corrected chi connectivity index (χ2v) is 8.11. The molecule has 1 saturated carbocycles. The zero-order chi connectivity index (χ0) is 19.8. The molecule has 3 aromatic rings. The Balaban J connectivity index is 0.00000218. The number of hydrogen-bond acceptors (Lipinski definition) is 4. The molecule has 30 heavy (non-hydrogen) atoms. The van der Waals surface area contributed by atoms with Gasteiger partial charge in [0.05, 0.1) is 11.0 Å². The monoisotopic (exact) mass is 447 g/mol. The molecule has 0 bridgehead atoms. The van der Waals surface area contributed by atoms with Gasteiger partial charge in [0.25, 0.3) is 5.91 Å². The average molecular weight is 448 g/mol. The van der Waals surface area contributed by atoms with Gasteiger partial charge in [0.1, 0.15) is 19.0 Å². The van der Waals surface area contributed by atoms with Crippen LogP contribution in [0.25, 0.3) is 11.0 Å². The smallest absolute Gasteiger partial charge is 0.251 e. The highest BCUT2D eigenvalue weighted by Crippen LogP contribution is 2.34. The Bertz CT molecular complexity index is 1070. The van der Waals surface area contributed by atoms with E-state index in [4.69, 9.17) is 26.1 Å². The third-order valence-electron chi connectivity index (χ3n) is 5.66. The van der Waals surface area contributed by atoms with Crippen LogP contribution >= 0.6 is 24.0 Å². The number of carbonyl (C=O) groups excluding carboxylic acids is 1. The Labute approximate surface area is 185 Å². The van der Waals surface area contributed by atoms with Gasteiger partial charge in [-0.1, -0.05) is 18.0 Å². The van der Waals surface area contributed by atoms with Crippen LogP contribution in [-0.4, -0.2) is 35.1 Å². The van der Waals surface area contributed by atoms with Gasteiger partial charge in [0, 0.05) is 22.5 Å². The summed E-state index contributed by atoms with van der Waals surface area (Å²) in [7, 11) is 0. The third-order valence-corrected chi connectivity index (χ3v) is 5.90.